The number of hydrogen-bond acceptors (Lipinski definition) is 3. The summed E-state index contributed by atoms with van der Waals surface area (Å²) in [5.41, 5.74) is 0. The van der Waals surface area contributed by atoms with E-state index in [1.54, 1.807) is 0 Å². The molecular weight excluding hydrogens is 348 g/mol. The summed E-state index contributed by atoms with van der Waals surface area (Å²) in [5.74, 6) is 0.515. The molecule has 5 nitrogen and oxygen atoms in total. The number of carbonyl (C=O) groups is 1. The van der Waals surface area contributed by atoms with Crippen molar-refractivity contribution >= 4 is 27.5 Å². The predicted octanol–water partition coefficient (Wildman–Crippen LogP) is 3.34. The summed E-state index contributed by atoms with van der Waals surface area (Å²) in [4.78, 5) is 12.0. The molecule has 1 rings (SSSR count). The second kappa shape index (κ2) is 10.0. The molecule has 0 aliphatic rings. The Morgan fingerprint density at radius 1 is 1.12 bits per heavy atom. The van der Waals surface area contributed by atoms with Crippen molar-refractivity contribution in [1.82, 2.24) is 10.0 Å². The second-order valence-corrected chi connectivity index (χ2v) is 8.60. The van der Waals surface area contributed by atoms with Gasteiger partial charge in [-0.1, -0.05) is 38.3 Å². The molecule has 0 bridgehead atoms. The van der Waals surface area contributed by atoms with Crippen LogP contribution in [0, 0.1) is 5.92 Å². The van der Waals surface area contributed by atoms with Crippen molar-refractivity contribution in [3.05, 3.63) is 29.3 Å². The van der Waals surface area contributed by atoms with Crippen LogP contribution < -0.4 is 10.0 Å². The second-order valence-electron chi connectivity index (χ2n) is 6.40. The topological polar surface area (TPSA) is 75.3 Å². The average molecular weight is 375 g/mol. The van der Waals surface area contributed by atoms with Gasteiger partial charge in [0.05, 0.1) is 4.90 Å². The Morgan fingerprint density at radius 3 is 2.33 bits per heavy atom. The van der Waals surface area contributed by atoms with Gasteiger partial charge in [-0.25, -0.2) is 13.1 Å². The largest absolute Gasteiger partial charge is 0.354 e. The molecule has 136 valence electrons. The first kappa shape index (κ1) is 20.9. The first-order valence-electron chi connectivity index (χ1n) is 8.25. The lowest BCUT2D eigenvalue weighted by Crippen LogP contribution is -2.35. The molecule has 0 heterocycles. The zero-order chi connectivity index (χ0) is 18.2. The number of rotatable bonds is 10. The zero-order valence-electron chi connectivity index (χ0n) is 14.5. The highest BCUT2D eigenvalue weighted by molar-refractivity contribution is 7.89. The average Bonchev–Trinajstić information content (AvgIpc) is 2.46. The third-order valence-electron chi connectivity index (χ3n) is 3.59. The van der Waals surface area contributed by atoms with E-state index < -0.39 is 10.0 Å². The minimum atomic E-state index is -3.61. The molecule has 0 aliphatic carbocycles. The van der Waals surface area contributed by atoms with Crippen molar-refractivity contribution in [2.24, 2.45) is 5.92 Å². The SMILES string of the molecule is CC(C)CCC[C@@H](C)NC(=O)CCNS(=O)(=O)c1ccc(Cl)cc1. The van der Waals surface area contributed by atoms with Gasteiger partial charge in [0.2, 0.25) is 15.9 Å². The summed E-state index contributed by atoms with van der Waals surface area (Å²) < 4.78 is 26.6. The quantitative estimate of drug-likeness (QED) is 0.659. The first-order chi connectivity index (χ1) is 11.2. The summed E-state index contributed by atoms with van der Waals surface area (Å²) >= 11 is 5.74. The molecule has 0 saturated heterocycles. The van der Waals surface area contributed by atoms with Crippen LogP contribution in [-0.2, 0) is 14.8 Å². The molecule has 24 heavy (non-hydrogen) atoms. The van der Waals surface area contributed by atoms with Crippen LogP contribution in [0.1, 0.15) is 46.5 Å². The smallest absolute Gasteiger partial charge is 0.240 e. The lowest BCUT2D eigenvalue weighted by molar-refractivity contribution is -0.121. The molecule has 1 aromatic carbocycles. The molecule has 0 spiro atoms. The number of carbonyl (C=O) groups excluding carboxylic acids is 1. The van der Waals surface area contributed by atoms with Crippen LogP contribution in [0.5, 0.6) is 0 Å². The zero-order valence-corrected chi connectivity index (χ0v) is 16.1. The van der Waals surface area contributed by atoms with Gasteiger partial charge in [0.15, 0.2) is 0 Å². The molecule has 0 aliphatic heterocycles. The molecule has 2 N–H and O–H groups in total. The van der Waals surface area contributed by atoms with Crippen molar-refractivity contribution < 1.29 is 13.2 Å². The Morgan fingerprint density at radius 2 is 1.75 bits per heavy atom. The van der Waals surface area contributed by atoms with Crippen LogP contribution in [0.15, 0.2) is 29.2 Å². The van der Waals surface area contributed by atoms with E-state index in [-0.39, 0.29) is 29.8 Å². The van der Waals surface area contributed by atoms with E-state index in [1.807, 2.05) is 6.92 Å². The summed E-state index contributed by atoms with van der Waals surface area (Å²) in [6.07, 6.45) is 3.26. The van der Waals surface area contributed by atoms with E-state index in [1.165, 1.54) is 24.3 Å². The van der Waals surface area contributed by atoms with Crippen LogP contribution in [0.25, 0.3) is 0 Å². The summed E-state index contributed by atoms with van der Waals surface area (Å²) in [7, 11) is -3.61. The van der Waals surface area contributed by atoms with Gasteiger partial charge in [-0.2, -0.15) is 0 Å². The monoisotopic (exact) mass is 374 g/mol. The van der Waals surface area contributed by atoms with Crippen LogP contribution in [0.4, 0.5) is 0 Å². The third kappa shape index (κ3) is 8.13. The Hall–Kier alpha value is -1.11. The fourth-order valence-electron chi connectivity index (χ4n) is 2.25. The van der Waals surface area contributed by atoms with E-state index in [0.29, 0.717) is 10.9 Å². The lowest BCUT2D eigenvalue weighted by atomic mass is 10.0. The maximum atomic E-state index is 12.1. The molecule has 0 unspecified atom stereocenters. The predicted molar refractivity (Wildman–Crippen MR) is 97.6 cm³/mol. The number of sulfonamides is 1. The van der Waals surface area contributed by atoms with Gasteiger partial charge >= 0.3 is 0 Å². The first-order valence-corrected chi connectivity index (χ1v) is 10.1. The Bertz CT molecular complexity index is 615. The Balaban J connectivity index is 2.33. The van der Waals surface area contributed by atoms with Crippen molar-refractivity contribution in [1.29, 1.82) is 0 Å². The van der Waals surface area contributed by atoms with E-state index in [9.17, 15) is 13.2 Å². The fourth-order valence-corrected chi connectivity index (χ4v) is 3.41. The molecule has 0 radical (unpaired) electrons. The summed E-state index contributed by atoms with van der Waals surface area (Å²) in [6.45, 7) is 6.39. The molecule has 0 fully saturated rings. The number of benzene rings is 1. The molecule has 1 aromatic rings. The summed E-state index contributed by atoms with van der Waals surface area (Å²) in [5, 5.41) is 3.37. The van der Waals surface area contributed by atoms with Crippen molar-refractivity contribution in [2.45, 2.75) is 57.4 Å². The van der Waals surface area contributed by atoms with Crippen molar-refractivity contribution in [3.63, 3.8) is 0 Å². The van der Waals surface area contributed by atoms with Gasteiger partial charge in [-0.05, 0) is 43.5 Å². The lowest BCUT2D eigenvalue weighted by Gasteiger charge is -2.14. The standard InChI is InChI=1S/C17H27ClN2O3S/c1-13(2)5-4-6-14(3)20-17(21)11-12-19-24(22,23)16-9-7-15(18)8-10-16/h7-10,13-14,19H,4-6,11-12H2,1-3H3,(H,20,21)/t14-/m1/s1. The Kier molecular flexibility index (Phi) is 8.73. The number of hydrogen-bond donors (Lipinski definition) is 2. The van der Waals surface area contributed by atoms with Gasteiger partial charge in [-0.3, -0.25) is 4.79 Å². The van der Waals surface area contributed by atoms with Crippen LogP contribution in [-0.4, -0.2) is 26.9 Å². The third-order valence-corrected chi connectivity index (χ3v) is 5.32. The van der Waals surface area contributed by atoms with Crippen LogP contribution in [0.2, 0.25) is 5.02 Å². The van der Waals surface area contributed by atoms with Gasteiger partial charge < -0.3 is 5.32 Å². The molecular formula is C17H27ClN2O3S. The maximum Gasteiger partial charge on any atom is 0.240 e. The van der Waals surface area contributed by atoms with Crippen LogP contribution in [0.3, 0.4) is 0 Å². The highest BCUT2D eigenvalue weighted by Crippen LogP contribution is 2.13. The molecule has 0 saturated carbocycles. The fraction of sp³-hybridized carbons (Fsp3) is 0.588. The summed E-state index contributed by atoms with van der Waals surface area (Å²) in [6, 6.07) is 6.00. The normalized spacial score (nSPS) is 13.0. The van der Waals surface area contributed by atoms with E-state index in [0.717, 1.165) is 19.3 Å². The minimum Gasteiger partial charge on any atom is -0.354 e. The molecule has 0 aromatic heterocycles. The molecule has 1 amide bonds. The Labute approximate surface area is 150 Å². The number of halogens is 1. The number of nitrogens with one attached hydrogen (secondary N) is 2. The minimum absolute atomic E-state index is 0.0650. The molecule has 1 atom stereocenters. The van der Waals surface area contributed by atoms with Gasteiger partial charge in [0.1, 0.15) is 0 Å². The van der Waals surface area contributed by atoms with E-state index in [2.05, 4.69) is 23.9 Å². The van der Waals surface area contributed by atoms with Crippen molar-refractivity contribution in [3.8, 4) is 0 Å². The van der Waals surface area contributed by atoms with E-state index in [4.69, 9.17) is 11.6 Å². The van der Waals surface area contributed by atoms with Crippen molar-refractivity contribution in [2.75, 3.05) is 6.54 Å². The van der Waals surface area contributed by atoms with Gasteiger partial charge in [0.25, 0.3) is 0 Å². The van der Waals surface area contributed by atoms with Gasteiger partial charge in [-0.15, -0.1) is 0 Å². The van der Waals surface area contributed by atoms with E-state index >= 15 is 0 Å². The van der Waals surface area contributed by atoms with Gasteiger partial charge in [0, 0.05) is 24.0 Å². The molecule has 7 heteroatoms. The maximum absolute atomic E-state index is 12.1. The highest BCUT2D eigenvalue weighted by Gasteiger charge is 2.14. The highest BCUT2D eigenvalue weighted by atomic mass is 35.5. The number of amides is 1. The van der Waals surface area contributed by atoms with Crippen LogP contribution >= 0.6 is 11.6 Å².